The monoisotopic (exact) mass is 480 g/mol. The Morgan fingerprint density at radius 1 is 1.33 bits per heavy atom. The lowest BCUT2D eigenvalue weighted by Crippen LogP contribution is -2.43. The predicted molar refractivity (Wildman–Crippen MR) is 115 cm³/mol. The minimum absolute atomic E-state index is 0.0167. The van der Waals surface area contributed by atoms with Gasteiger partial charge in [0.15, 0.2) is 11.0 Å². The lowest BCUT2D eigenvalue weighted by molar-refractivity contribution is 0.107. The molecule has 2 aromatic heterocycles. The third kappa shape index (κ3) is 3.43. The maximum absolute atomic E-state index is 14.9. The van der Waals surface area contributed by atoms with E-state index in [0.717, 1.165) is 19.4 Å². The van der Waals surface area contributed by atoms with Gasteiger partial charge in [-0.25, -0.2) is 18.6 Å². The van der Waals surface area contributed by atoms with Crippen LogP contribution in [0.4, 0.5) is 19.4 Å². The second-order valence-corrected chi connectivity index (χ2v) is 9.89. The molecule has 12 heteroatoms. The molecule has 6 rings (SSSR count). The fourth-order valence-electron chi connectivity index (χ4n) is 6.01. The van der Waals surface area contributed by atoms with Gasteiger partial charge in [0.2, 0.25) is 0 Å². The standard InChI is InChI=1S/C21H23ClF2N6O3/c22-17-14(24)16-11(5-25-17)18(29-7-12-13(8-29)15(12)27-20(31)32)28-19(26-16)33-9-21-2-1-3-30(21)6-10(23)4-21/h5,10,12-13,15,27H,1-4,6-9H2,(H,31,32)/t10-,12-,13+,15-,21+/m1/s1. The van der Waals surface area contributed by atoms with E-state index in [0.29, 0.717) is 37.3 Å². The van der Waals surface area contributed by atoms with Gasteiger partial charge < -0.3 is 20.1 Å². The first-order chi connectivity index (χ1) is 15.8. The molecule has 33 heavy (non-hydrogen) atoms. The van der Waals surface area contributed by atoms with Crippen molar-refractivity contribution in [2.24, 2.45) is 11.8 Å². The summed E-state index contributed by atoms with van der Waals surface area (Å²) >= 11 is 5.91. The van der Waals surface area contributed by atoms with Crippen LogP contribution in [-0.4, -0.2) is 81.6 Å². The van der Waals surface area contributed by atoms with Crippen LogP contribution in [-0.2, 0) is 0 Å². The van der Waals surface area contributed by atoms with E-state index >= 15 is 0 Å². The second kappa shape index (κ2) is 7.49. The lowest BCUT2D eigenvalue weighted by Gasteiger charge is -2.31. The highest BCUT2D eigenvalue weighted by Gasteiger charge is 2.57. The van der Waals surface area contributed by atoms with E-state index in [1.165, 1.54) is 6.20 Å². The second-order valence-electron chi connectivity index (χ2n) is 9.53. The number of alkyl halides is 1. The average molecular weight is 481 g/mol. The Labute approximate surface area is 193 Å². The SMILES string of the molecule is O=C(O)N[C@@H]1[C@@H]2CN(c3nc(OC[C@@]45CCCN4C[C@H](F)C5)nc4c(F)c(Cl)ncc34)C[C@@H]21. The first-order valence-electron chi connectivity index (χ1n) is 11.1. The molecule has 5 heterocycles. The number of hydrogen-bond acceptors (Lipinski definition) is 7. The topological polar surface area (TPSA) is 104 Å². The molecule has 0 aromatic carbocycles. The molecule has 2 N–H and O–H groups in total. The minimum atomic E-state index is -1.03. The van der Waals surface area contributed by atoms with Gasteiger partial charge in [0, 0.05) is 50.1 Å². The van der Waals surface area contributed by atoms with Gasteiger partial charge in [0.1, 0.15) is 24.1 Å². The average Bonchev–Trinajstić information content (AvgIpc) is 3.13. The van der Waals surface area contributed by atoms with Crippen LogP contribution in [0.3, 0.4) is 0 Å². The quantitative estimate of drug-likeness (QED) is 0.629. The van der Waals surface area contributed by atoms with Crippen LogP contribution in [0.2, 0.25) is 5.15 Å². The van der Waals surface area contributed by atoms with Crippen molar-refractivity contribution in [3.8, 4) is 6.01 Å². The van der Waals surface area contributed by atoms with Gasteiger partial charge in [0.25, 0.3) is 0 Å². The lowest BCUT2D eigenvalue weighted by atomic mass is 9.95. The maximum Gasteiger partial charge on any atom is 0.404 e. The highest BCUT2D eigenvalue weighted by Crippen LogP contribution is 2.48. The number of ether oxygens (including phenoxy) is 1. The van der Waals surface area contributed by atoms with E-state index in [-0.39, 0.29) is 46.7 Å². The molecule has 4 aliphatic rings. The summed E-state index contributed by atoms with van der Waals surface area (Å²) in [4.78, 5) is 27.8. The van der Waals surface area contributed by atoms with Crippen LogP contribution in [0.15, 0.2) is 6.20 Å². The first-order valence-corrected chi connectivity index (χ1v) is 11.5. The number of pyridine rings is 1. The molecule has 0 unspecified atom stereocenters. The zero-order valence-electron chi connectivity index (χ0n) is 17.7. The number of carbonyl (C=O) groups is 1. The van der Waals surface area contributed by atoms with Crippen molar-refractivity contribution in [2.75, 3.05) is 37.7 Å². The number of nitrogens with one attached hydrogen (secondary N) is 1. The summed E-state index contributed by atoms with van der Waals surface area (Å²) in [6.45, 7) is 2.63. The summed E-state index contributed by atoms with van der Waals surface area (Å²) in [5, 5.41) is 11.6. The Morgan fingerprint density at radius 3 is 2.88 bits per heavy atom. The third-order valence-corrected chi connectivity index (χ3v) is 7.88. The van der Waals surface area contributed by atoms with Crippen molar-refractivity contribution >= 4 is 34.4 Å². The number of carboxylic acid groups (broad SMARTS) is 1. The Kier molecular flexibility index (Phi) is 4.77. The molecule has 4 fully saturated rings. The summed E-state index contributed by atoms with van der Waals surface area (Å²) in [6, 6.07) is -0.0571. The van der Waals surface area contributed by atoms with Crippen molar-refractivity contribution in [1.82, 2.24) is 25.2 Å². The highest BCUT2D eigenvalue weighted by molar-refractivity contribution is 6.30. The van der Waals surface area contributed by atoms with Crippen LogP contribution >= 0.6 is 11.6 Å². The van der Waals surface area contributed by atoms with Gasteiger partial charge >= 0.3 is 12.1 Å². The van der Waals surface area contributed by atoms with Crippen LogP contribution in [0.25, 0.3) is 10.9 Å². The van der Waals surface area contributed by atoms with E-state index in [9.17, 15) is 13.6 Å². The molecule has 176 valence electrons. The van der Waals surface area contributed by atoms with Crippen molar-refractivity contribution in [2.45, 2.75) is 37.0 Å². The van der Waals surface area contributed by atoms with Crippen LogP contribution in [0.1, 0.15) is 19.3 Å². The summed E-state index contributed by atoms with van der Waals surface area (Å²) in [5.41, 5.74) is -0.358. The summed E-state index contributed by atoms with van der Waals surface area (Å²) < 4.78 is 34.9. The molecule has 0 spiro atoms. The molecule has 1 aliphatic carbocycles. The number of rotatable bonds is 5. The molecule has 3 aliphatic heterocycles. The van der Waals surface area contributed by atoms with Gasteiger partial charge in [-0.3, -0.25) is 4.90 Å². The zero-order chi connectivity index (χ0) is 22.9. The summed E-state index contributed by atoms with van der Waals surface area (Å²) in [5.74, 6) is 0.0794. The number of aromatic nitrogens is 3. The zero-order valence-corrected chi connectivity index (χ0v) is 18.4. The number of anilines is 1. The van der Waals surface area contributed by atoms with E-state index in [4.69, 9.17) is 21.4 Å². The molecule has 0 radical (unpaired) electrons. The van der Waals surface area contributed by atoms with Crippen LogP contribution in [0, 0.1) is 17.7 Å². The van der Waals surface area contributed by atoms with Gasteiger partial charge in [-0.05, 0) is 19.4 Å². The molecule has 2 aromatic rings. The number of piperidine rings is 1. The smallest absolute Gasteiger partial charge is 0.404 e. The van der Waals surface area contributed by atoms with Crippen LogP contribution in [0.5, 0.6) is 6.01 Å². The third-order valence-electron chi connectivity index (χ3n) is 7.62. The number of hydrogen-bond donors (Lipinski definition) is 2. The maximum atomic E-state index is 14.9. The Balaban J connectivity index is 1.29. The van der Waals surface area contributed by atoms with Gasteiger partial charge in [-0.2, -0.15) is 9.97 Å². The van der Waals surface area contributed by atoms with Crippen molar-refractivity contribution in [3.63, 3.8) is 0 Å². The molecular formula is C21H23ClF2N6O3. The minimum Gasteiger partial charge on any atom is -0.465 e. The molecule has 1 amide bonds. The van der Waals surface area contributed by atoms with E-state index in [2.05, 4.69) is 25.2 Å². The van der Waals surface area contributed by atoms with Crippen molar-refractivity contribution in [1.29, 1.82) is 0 Å². The number of halogens is 3. The van der Waals surface area contributed by atoms with Gasteiger partial charge in [-0.1, -0.05) is 11.6 Å². The largest absolute Gasteiger partial charge is 0.465 e. The van der Waals surface area contributed by atoms with E-state index in [1.807, 2.05) is 4.90 Å². The fraction of sp³-hybridized carbons (Fsp3) is 0.619. The summed E-state index contributed by atoms with van der Waals surface area (Å²) in [7, 11) is 0. The van der Waals surface area contributed by atoms with Crippen molar-refractivity contribution < 1.29 is 23.4 Å². The fourth-order valence-corrected chi connectivity index (χ4v) is 6.15. The first kappa shape index (κ1) is 21.0. The Hall–Kier alpha value is -2.53. The molecule has 1 saturated carbocycles. The van der Waals surface area contributed by atoms with Gasteiger partial charge in [-0.15, -0.1) is 0 Å². The molecule has 3 saturated heterocycles. The van der Waals surface area contributed by atoms with Gasteiger partial charge in [0.05, 0.1) is 10.9 Å². The molecular weight excluding hydrogens is 458 g/mol. The number of nitrogens with zero attached hydrogens (tertiary/aromatic N) is 5. The highest BCUT2D eigenvalue weighted by atomic mass is 35.5. The Bertz CT molecular complexity index is 1130. The molecule has 0 bridgehead atoms. The van der Waals surface area contributed by atoms with E-state index < -0.39 is 18.1 Å². The normalized spacial score (nSPS) is 32.8. The van der Waals surface area contributed by atoms with E-state index in [1.54, 1.807) is 0 Å². The predicted octanol–water partition coefficient (Wildman–Crippen LogP) is 2.47. The number of amides is 1. The number of fused-ring (bicyclic) bond motifs is 3. The Morgan fingerprint density at radius 2 is 2.12 bits per heavy atom. The molecule has 9 nitrogen and oxygen atoms in total. The van der Waals surface area contributed by atoms with Crippen LogP contribution < -0.4 is 15.0 Å². The summed E-state index contributed by atoms with van der Waals surface area (Å²) in [6.07, 6.45) is 1.76. The molecule has 5 atom stereocenters. The van der Waals surface area contributed by atoms with Crippen molar-refractivity contribution in [3.05, 3.63) is 17.2 Å².